The zero-order chi connectivity index (χ0) is 14.5. The SMILES string of the molecule is CC1CCN(C(=O)NC2CCCCCCC2)C1C(=O)O. The lowest BCUT2D eigenvalue weighted by Gasteiger charge is -2.27. The summed E-state index contributed by atoms with van der Waals surface area (Å²) in [6, 6.07) is -0.635. The summed E-state index contributed by atoms with van der Waals surface area (Å²) < 4.78 is 0. The van der Waals surface area contributed by atoms with Crippen LogP contribution in [0.4, 0.5) is 4.79 Å². The molecule has 1 aliphatic heterocycles. The Morgan fingerprint density at radius 3 is 2.25 bits per heavy atom. The molecule has 5 nitrogen and oxygen atoms in total. The molecule has 2 rings (SSSR count). The van der Waals surface area contributed by atoms with E-state index in [1.54, 1.807) is 0 Å². The van der Waals surface area contributed by atoms with E-state index in [0.29, 0.717) is 6.54 Å². The number of rotatable bonds is 2. The summed E-state index contributed by atoms with van der Waals surface area (Å²) in [6.07, 6.45) is 8.91. The second-order valence-corrected chi connectivity index (χ2v) is 6.23. The van der Waals surface area contributed by atoms with Gasteiger partial charge in [-0.2, -0.15) is 0 Å². The molecule has 0 aromatic rings. The van der Waals surface area contributed by atoms with Crippen LogP contribution in [0.15, 0.2) is 0 Å². The summed E-state index contributed by atoms with van der Waals surface area (Å²) in [6.45, 7) is 2.46. The molecule has 0 aromatic heterocycles. The molecular weight excluding hydrogens is 256 g/mol. The van der Waals surface area contributed by atoms with E-state index < -0.39 is 12.0 Å². The maximum atomic E-state index is 12.3. The van der Waals surface area contributed by atoms with Crippen molar-refractivity contribution in [3.63, 3.8) is 0 Å². The fourth-order valence-corrected chi connectivity index (χ4v) is 3.41. The highest BCUT2D eigenvalue weighted by atomic mass is 16.4. The molecule has 1 saturated heterocycles. The van der Waals surface area contributed by atoms with Crippen molar-refractivity contribution in [2.24, 2.45) is 5.92 Å². The first-order valence-electron chi connectivity index (χ1n) is 7.89. The minimum atomic E-state index is -0.886. The Kier molecular flexibility index (Phi) is 5.26. The molecule has 0 radical (unpaired) electrons. The van der Waals surface area contributed by atoms with Gasteiger partial charge in [-0.1, -0.05) is 39.0 Å². The normalized spacial score (nSPS) is 28.8. The van der Waals surface area contributed by atoms with E-state index in [2.05, 4.69) is 5.32 Å². The largest absolute Gasteiger partial charge is 0.480 e. The van der Waals surface area contributed by atoms with Crippen LogP contribution >= 0.6 is 0 Å². The molecule has 1 aliphatic carbocycles. The van der Waals surface area contributed by atoms with Gasteiger partial charge in [-0.15, -0.1) is 0 Å². The number of nitrogens with zero attached hydrogens (tertiary/aromatic N) is 1. The first kappa shape index (κ1) is 15.1. The van der Waals surface area contributed by atoms with Crippen molar-refractivity contribution < 1.29 is 14.7 Å². The summed E-state index contributed by atoms with van der Waals surface area (Å²) in [5, 5.41) is 12.3. The van der Waals surface area contributed by atoms with E-state index in [1.807, 2.05) is 6.92 Å². The van der Waals surface area contributed by atoms with Crippen LogP contribution < -0.4 is 5.32 Å². The molecule has 2 amide bonds. The molecular formula is C15H26N2O3. The molecule has 0 aromatic carbocycles. The summed E-state index contributed by atoms with van der Waals surface area (Å²) in [7, 11) is 0. The Hall–Kier alpha value is -1.26. The van der Waals surface area contributed by atoms with Crippen molar-refractivity contribution in [1.82, 2.24) is 10.2 Å². The molecule has 2 aliphatic rings. The van der Waals surface area contributed by atoms with Gasteiger partial charge in [0, 0.05) is 12.6 Å². The second kappa shape index (κ2) is 6.95. The minimum Gasteiger partial charge on any atom is -0.480 e. The number of carbonyl (C=O) groups excluding carboxylic acids is 1. The number of carboxylic acid groups (broad SMARTS) is 1. The quantitative estimate of drug-likeness (QED) is 0.818. The molecule has 2 N–H and O–H groups in total. The number of hydrogen-bond donors (Lipinski definition) is 2. The first-order chi connectivity index (χ1) is 9.59. The molecule has 20 heavy (non-hydrogen) atoms. The Morgan fingerprint density at radius 1 is 1.05 bits per heavy atom. The standard InChI is InChI=1S/C15H26N2O3/c1-11-9-10-17(13(11)14(18)19)15(20)16-12-7-5-3-2-4-6-8-12/h11-13H,2-10H2,1H3,(H,16,20)(H,18,19). The van der Waals surface area contributed by atoms with Crippen LogP contribution in [0.2, 0.25) is 0 Å². The van der Waals surface area contributed by atoms with E-state index in [4.69, 9.17) is 0 Å². The van der Waals surface area contributed by atoms with Gasteiger partial charge in [0.25, 0.3) is 0 Å². The molecule has 1 heterocycles. The number of carbonyl (C=O) groups is 2. The fourth-order valence-electron chi connectivity index (χ4n) is 3.41. The third-order valence-electron chi connectivity index (χ3n) is 4.65. The Labute approximate surface area is 120 Å². The van der Waals surface area contributed by atoms with E-state index in [9.17, 15) is 14.7 Å². The van der Waals surface area contributed by atoms with E-state index >= 15 is 0 Å². The number of aliphatic carboxylic acids is 1. The van der Waals surface area contributed by atoms with Crippen molar-refractivity contribution in [2.75, 3.05) is 6.54 Å². The Balaban J connectivity index is 1.91. The van der Waals surface area contributed by atoms with Gasteiger partial charge in [0.2, 0.25) is 0 Å². The van der Waals surface area contributed by atoms with Crippen LogP contribution in [0.3, 0.4) is 0 Å². The third kappa shape index (κ3) is 3.64. The zero-order valence-corrected chi connectivity index (χ0v) is 12.3. The Bertz CT molecular complexity index is 351. The molecule has 0 bridgehead atoms. The summed E-state index contributed by atoms with van der Waals surface area (Å²) in [5.74, 6) is -0.849. The van der Waals surface area contributed by atoms with Crippen molar-refractivity contribution in [3.8, 4) is 0 Å². The number of carboxylic acids is 1. The summed E-state index contributed by atoms with van der Waals surface area (Å²) >= 11 is 0. The van der Waals surface area contributed by atoms with E-state index in [1.165, 1.54) is 24.2 Å². The molecule has 1 saturated carbocycles. The third-order valence-corrected chi connectivity index (χ3v) is 4.65. The summed E-state index contributed by atoms with van der Waals surface area (Å²) in [5.41, 5.74) is 0. The monoisotopic (exact) mass is 282 g/mol. The van der Waals surface area contributed by atoms with Crippen LogP contribution in [0, 0.1) is 5.92 Å². The van der Waals surface area contributed by atoms with Crippen LogP contribution in [0.25, 0.3) is 0 Å². The molecule has 5 heteroatoms. The molecule has 2 unspecified atom stereocenters. The van der Waals surface area contributed by atoms with Gasteiger partial charge in [-0.05, 0) is 25.2 Å². The minimum absolute atomic E-state index is 0.0376. The fraction of sp³-hybridized carbons (Fsp3) is 0.867. The van der Waals surface area contributed by atoms with Crippen molar-refractivity contribution in [3.05, 3.63) is 0 Å². The van der Waals surface area contributed by atoms with Gasteiger partial charge in [-0.25, -0.2) is 9.59 Å². The molecule has 0 spiro atoms. The average Bonchev–Trinajstić information content (AvgIpc) is 2.74. The molecule has 2 atom stereocenters. The van der Waals surface area contributed by atoms with Crippen LogP contribution in [0.1, 0.15) is 58.3 Å². The lowest BCUT2D eigenvalue weighted by Crippen LogP contribution is -2.50. The van der Waals surface area contributed by atoms with Gasteiger partial charge in [-0.3, -0.25) is 0 Å². The van der Waals surface area contributed by atoms with Crippen molar-refractivity contribution >= 4 is 12.0 Å². The maximum absolute atomic E-state index is 12.3. The average molecular weight is 282 g/mol. The van der Waals surface area contributed by atoms with E-state index in [-0.39, 0.29) is 18.0 Å². The Morgan fingerprint density at radius 2 is 1.65 bits per heavy atom. The number of urea groups is 1. The van der Waals surface area contributed by atoms with Gasteiger partial charge >= 0.3 is 12.0 Å². The zero-order valence-electron chi connectivity index (χ0n) is 12.3. The smallest absolute Gasteiger partial charge is 0.326 e. The molecule has 114 valence electrons. The highest BCUT2D eigenvalue weighted by Crippen LogP contribution is 2.25. The van der Waals surface area contributed by atoms with Gasteiger partial charge in [0.15, 0.2) is 0 Å². The lowest BCUT2D eigenvalue weighted by atomic mass is 9.97. The molecule has 2 fully saturated rings. The predicted octanol–water partition coefficient (Wildman–Crippen LogP) is 2.60. The topological polar surface area (TPSA) is 69.6 Å². The number of amides is 2. The number of hydrogen-bond acceptors (Lipinski definition) is 2. The second-order valence-electron chi connectivity index (χ2n) is 6.23. The first-order valence-corrected chi connectivity index (χ1v) is 7.89. The lowest BCUT2D eigenvalue weighted by molar-refractivity contribution is -0.142. The van der Waals surface area contributed by atoms with E-state index in [0.717, 1.165) is 32.1 Å². The van der Waals surface area contributed by atoms with Crippen LogP contribution in [-0.4, -0.2) is 40.6 Å². The van der Waals surface area contributed by atoms with Gasteiger partial charge < -0.3 is 15.3 Å². The van der Waals surface area contributed by atoms with Gasteiger partial charge in [0.05, 0.1) is 0 Å². The number of likely N-dealkylation sites (tertiary alicyclic amines) is 1. The van der Waals surface area contributed by atoms with Crippen molar-refractivity contribution in [2.45, 2.75) is 70.4 Å². The highest BCUT2D eigenvalue weighted by Gasteiger charge is 2.39. The highest BCUT2D eigenvalue weighted by molar-refractivity contribution is 5.83. The predicted molar refractivity (Wildman–Crippen MR) is 76.5 cm³/mol. The van der Waals surface area contributed by atoms with Crippen LogP contribution in [0.5, 0.6) is 0 Å². The van der Waals surface area contributed by atoms with Crippen molar-refractivity contribution in [1.29, 1.82) is 0 Å². The number of nitrogens with one attached hydrogen (secondary N) is 1. The maximum Gasteiger partial charge on any atom is 0.326 e. The van der Waals surface area contributed by atoms with Gasteiger partial charge in [0.1, 0.15) is 6.04 Å². The summed E-state index contributed by atoms with van der Waals surface area (Å²) in [4.78, 5) is 25.1. The van der Waals surface area contributed by atoms with Crippen LogP contribution in [-0.2, 0) is 4.79 Å².